The number of aliphatic hydroxyl groups is 1. The maximum absolute atomic E-state index is 11.7. The van der Waals surface area contributed by atoms with Gasteiger partial charge in [-0.3, -0.25) is 9.69 Å². The molecule has 1 aliphatic heterocycles. The SMILES string of the molecule is CCC(=O)c1ccc(OCC(O)CN2CCN(c3ccccc3)C(C)C2)cc1. The fourth-order valence-electron chi connectivity index (χ4n) is 3.69. The molecule has 0 radical (unpaired) electrons. The van der Waals surface area contributed by atoms with E-state index in [1.165, 1.54) is 5.69 Å². The number of nitrogens with zero attached hydrogens (tertiary/aromatic N) is 2. The lowest BCUT2D eigenvalue weighted by Crippen LogP contribution is -2.54. The summed E-state index contributed by atoms with van der Waals surface area (Å²) < 4.78 is 5.70. The molecule has 5 heteroatoms. The highest BCUT2D eigenvalue weighted by atomic mass is 16.5. The second-order valence-corrected chi connectivity index (χ2v) is 7.40. The average Bonchev–Trinajstić information content (AvgIpc) is 2.73. The number of carbonyl (C=O) groups excluding carboxylic acids is 1. The molecular formula is C23H30N2O3. The maximum atomic E-state index is 11.7. The molecule has 0 saturated carbocycles. The Morgan fingerprint density at radius 3 is 2.50 bits per heavy atom. The summed E-state index contributed by atoms with van der Waals surface area (Å²) in [6.45, 7) is 7.70. The lowest BCUT2D eigenvalue weighted by molar-refractivity contribution is 0.0622. The molecule has 1 saturated heterocycles. The summed E-state index contributed by atoms with van der Waals surface area (Å²) in [6, 6.07) is 18.0. The van der Waals surface area contributed by atoms with Crippen molar-refractivity contribution in [3.63, 3.8) is 0 Å². The van der Waals surface area contributed by atoms with Gasteiger partial charge in [-0.25, -0.2) is 0 Å². The Morgan fingerprint density at radius 2 is 1.86 bits per heavy atom. The van der Waals surface area contributed by atoms with E-state index in [-0.39, 0.29) is 12.4 Å². The van der Waals surface area contributed by atoms with E-state index in [0.717, 1.165) is 19.6 Å². The summed E-state index contributed by atoms with van der Waals surface area (Å²) >= 11 is 0. The molecule has 0 amide bonds. The number of ketones is 1. The third-order valence-electron chi connectivity index (χ3n) is 5.21. The number of rotatable bonds is 8. The molecular weight excluding hydrogens is 352 g/mol. The Morgan fingerprint density at radius 1 is 1.14 bits per heavy atom. The van der Waals surface area contributed by atoms with Gasteiger partial charge in [-0.1, -0.05) is 25.1 Å². The van der Waals surface area contributed by atoms with Crippen molar-refractivity contribution >= 4 is 11.5 Å². The Bertz CT molecular complexity index is 748. The lowest BCUT2D eigenvalue weighted by Gasteiger charge is -2.41. The molecule has 0 aromatic heterocycles. The highest BCUT2D eigenvalue weighted by Gasteiger charge is 2.25. The first-order valence-electron chi connectivity index (χ1n) is 10.0. The van der Waals surface area contributed by atoms with Crippen LogP contribution in [0, 0.1) is 0 Å². The van der Waals surface area contributed by atoms with Crippen molar-refractivity contribution < 1.29 is 14.6 Å². The second-order valence-electron chi connectivity index (χ2n) is 7.40. The molecule has 28 heavy (non-hydrogen) atoms. The normalized spacial score (nSPS) is 18.7. The van der Waals surface area contributed by atoms with E-state index in [9.17, 15) is 9.90 Å². The minimum atomic E-state index is -0.549. The average molecular weight is 383 g/mol. The van der Waals surface area contributed by atoms with Gasteiger partial charge in [0.05, 0.1) is 0 Å². The molecule has 1 fully saturated rings. The van der Waals surface area contributed by atoms with Crippen molar-refractivity contribution in [1.82, 2.24) is 4.90 Å². The standard InChI is InChI=1S/C23H30N2O3/c1-3-23(27)19-9-11-22(12-10-19)28-17-21(26)16-24-13-14-25(18(2)15-24)20-7-5-4-6-8-20/h4-12,18,21,26H,3,13-17H2,1-2H3. The molecule has 150 valence electrons. The molecule has 1 heterocycles. The largest absolute Gasteiger partial charge is 0.491 e. The van der Waals surface area contributed by atoms with Crippen molar-refractivity contribution in [2.24, 2.45) is 0 Å². The first kappa shape index (κ1) is 20.4. The number of aliphatic hydroxyl groups excluding tert-OH is 1. The molecule has 2 aromatic rings. The van der Waals surface area contributed by atoms with Gasteiger partial charge in [0.2, 0.25) is 0 Å². The van der Waals surface area contributed by atoms with Gasteiger partial charge in [-0.2, -0.15) is 0 Å². The van der Waals surface area contributed by atoms with Crippen LogP contribution in [0.1, 0.15) is 30.6 Å². The molecule has 0 bridgehead atoms. The van der Waals surface area contributed by atoms with Crippen LogP contribution in [0.2, 0.25) is 0 Å². The zero-order valence-corrected chi connectivity index (χ0v) is 16.8. The van der Waals surface area contributed by atoms with E-state index in [2.05, 4.69) is 41.0 Å². The second kappa shape index (κ2) is 9.71. The van der Waals surface area contributed by atoms with Gasteiger partial charge in [0, 0.05) is 49.9 Å². The van der Waals surface area contributed by atoms with Crippen LogP contribution in [0.15, 0.2) is 54.6 Å². The number of benzene rings is 2. The summed E-state index contributed by atoms with van der Waals surface area (Å²) in [7, 11) is 0. The monoisotopic (exact) mass is 382 g/mol. The summed E-state index contributed by atoms with van der Waals surface area (Å²) in [4.78, 5) is 16.4. The minimum Gasteiger partial charge on any atom is -0.491 e. The molecule has 2 unspecified atom stereocenters. The molecule has 3 rings (SSSR count). The van der Waals surface area contributed by atoms with Crippen molar-refractivity contribution in [2.45, 2.75) is 32.4 Å². The number of anilines is 1. The van der Waals surface area contributed by atoms with Crippen molar-refractivity contribution in [3.8, 4) is 5.75 Å². The van der Waals surface area contributed by atoms with E-state index < -0.39 is 6.10 Å². The molecule has 0 spiro atoms. The quantitative estimate of drug-likeness (QED) is 0.711. The van der Waals surface area contributed by atoms with E-state index in [1.54, 1.807) is 24.3 Å². The summed E-state index contributed by atoms with van der Waals surface area (Å²) in [6.07, 6.45) is -0.0538. The molecule has 2 atom stereocenters. The van der Waals surface area contributed by atoms with Gasteiger partial charge in [-0.05, 0) is 43.3 Å². The predicted molar refractivity (Wildman–Crippen MR) is 112 cm³/mol. The van der Waals surface area contributed by atoms with Gasteiger partial charge < -0.3 is 14.7 Å². The number of hydrogen-bond acceptors (Lipinski definition) is 5. The highest BCUT2D eigenvalue weighted by molar-refractivity contribution is 5.95. The van der Waals surface area contributed by atoms with Gasteiger partial charge in [0.1, 0.15) is 18.5 Å². The first-order valence-corrected chi connectivity index (χ1v) is 10.0. The van der Waals surface area contributed by atoms with Crippen LogP contribution in [0.3, 0.4) is 0 Å². The lowest BCUT2D eigenvalue weighted by atomic mass is 10.1. The number of β-amino-alcohol motifs (C(OH)–C–C–N with tert-alkyl or cyclic N) is 1. The topological polar surface area (TPSA) is 53.0 Å². The molecule has 1 aliphatic rings. The van der Waals surface area contributed by atoms with Crippen LogP contribution >= 0.6 is 0 Å². The van der Waals surface area contributed by atoms with Gasteiger partial charge in [0.25, 0.3) is 0 Å². The number of piperazine rings is 1. The van der Waals surface area contributed by atoms with Crippen molar-refractivity contribution in [1.29, 1.82) is 0 Å². The number of hydrogen-bond donors (Lipinski definition) is 1. The van der Waals surface area contributed by atoms with E-state index in [1.807, 2.05) is 13.0 Å². The Hall–Kier alpha value is -2.37. The zero-order valence-electron chi connectivity index (χ0n) is 16.8. The van der Waals surface area contributed by atoms with Gasteiger partial charge >= 0.3 is 0 Å². The van der Waals surface area contributed by atoms with Crippen LogP contribution < -0.4 is 9.64 Å². The molecule has 1 N–H and O–H groups in total. The number of carbonyl (C=O) groups is 1. The Labute approximate surface area is 167 Å². The summed E-state index contributed by atoms with van der Waals surface area (Å²) in [5.41, 5.74) is 1.95. The summed E-state index contributed by atoms with van der Waals surface area (Å²) in [5.74, 6) is 0.796. The van der Waals surface area contributed by atoms with E-state index in [0.29, 0.717) is 30.3 Å². The van der Waals surface area contributed by atoms with Crippen LogP contribution in [0.4, 0.5) is 5.69 Å². The molecule has 2 aromatic carbocycles. The smallest absolute Gasteiger partial charge is 0.162 e. The number of Topliss-reactive ketones (excluding diaryl/α,β-unsaturated/α-hetero) is 1. The third-order valence-corrected chi connectivity index (χ3v) is 5.21. The third kappa shape index (κ3) is 5.33. The van der Waals surface area contributed by atoms with Crippen LogP contribution in [-0.2, 0) is 0 Å². The fraction of sp³-hybridized carbons (Fsp3) is 0.435. The Balaban J connectivity index is 1.44. The number of ether oxygens (including phenoxy) is 1. The van der Waals surface area contributed by atoms with Gasteiger partial charge in [-0.15, -0.1) is 0 Å². The maximum Gasteiger partial charge on any atom is 0.162 e. The predicted octanol–water partition coefficient (Wildman–Crippen LogP) is 3.23. The van der Waals surface area contributed by atoms with Gasteiger partial charge in [0.15, 0.2) is 5.78 Å². The van der Waals surface area contributed by atoms with Crippen LogP contribution in [0.5, 0.6) is 5.75 Å². The van der Waals surface area contributed by atoms with Crippen LogP contribution in [0.25, 0.3) is 0 Å². The van der Waals surface area contributed by atoms with Crippen molar-refractivity contribution in [2.75, 3.05) is 37.7 Å². The fourth-order valence-corrected chi connectivity index (χ4v) is 3.69. The minimum absolute atomic E-state index is 0.121. The van der Waals surface area contributed by atoms with E-state index >= 15 is 0 Å². The first-order chi connectivity index (χ1) is 13.6. The van der Waals surface area contributed by atoms with Crippen LogP contribution in [-0.4, -0.2) is 60.7 Å². The molecule has 5 nitrogen and oxygen atoms in total. The highest BCUT2D eigenvalue weighted by Crippen LogP contribution is 2.20. The zero-order chi connectivity index (χ0) is 19.9. The number of para-hydroxylation sites is 1. The van der Waals surface area contributed by atoms with Crippen molar-refractivity contribution in [3.05, 3.63) is 60.2 Å². The molecule has 0 aliphatic carbocycles. The van der Waals surface area contributed by atoms with E-state index in [4.69, 9.17) is 4.74 Å². The Kier molecular flexibility index (Phi) is 7.06. The summed E-state index contributed by atoms with van der Waals surface area (Å²) in [5, 5.41) is 10.4.